The molecule has 0 bridgehead atoms. The third-order valence-corrected chi connectivity index (χ3v) is 2.60. The molecule has 5 nitrogen and oxygen atoms in total. The van der Waals surface area contributed by atoms with E-state index in [0.29, 0.717) is 16.8 Å². The van der Waals surface area contributed by atoms with Gasteiger partial charge in [-0.05, 0) is 24.3 Å². The Hall–Kier alpha value is -2.69. The number of esters is 1. The van der Waals surface area contributed by atoms with E-state index in [-0.39, 0.29) is 5.56 Å². The van der Waals surface area contributed by atoms with Crippen LogP contribution in [0.5, 0.6) is 0 Å². The van der Waals surface area contributed by atoms with Crippen molar-refractivity contribution in [2.75, 3.05) is 7.11 Å². The minimum Gasteiger partial charge on any atom is -0.478 e. The van der Waals surface area contributed by atoms with Crippen molar-refractivity contribution in [2.24, 2.45) is 0 Å². The zero-order valence-electron chi connectivity index (χ0n) is 10.2. The highest BCUT2D eigenvalue weighted by Gasteiger charge is 2.14. The standard InChI is InChI=1S/C14H11NO4/c1-19-14(18)10-5-2-4-9(8-10)12-11(13(16)17)6-3-7-15-12/h2-8H,1H3,(H,16,17). The lowest BCUT2D eigenvalue weighted by molar-refractivity contribution is 0.0600. The molecule has 0 saturated carbocycles. The Balaban J connectivity index is 2.54. The highest BCUT2D eigenvalue weighted by molar-refractivity contribution is 5.96. The van der Waals surface area contributed by atoms with Crippen LogP contribution in [-0.4, -0.2) is 29.1 Å². The van der Waals surface area contributed by atoms with Gasteiger partial charge in [0.1, 0.15) is 0 Å². The van der Waals surface area contributed by atoms with Gasteiger partial charge in [0.2, 0.25) is 0 Å². The smallest absolute Gasteiger partial charge is 0.337 e. The number of nitrogens with zero attached hydrogens (tertiary/aromatic N) is 1. The molecule has 1 N–H and O–H groups in total. The van der Waals surface area contributed by atoms with Crippen LogP contribution in [0.2, 0.25) is 0 Å². The predicted molar refractivity (Wildman–Crippen MR) is 68.0 cm³/mol. The molecule has 0 amide bonds. The molecule has 5 heteroatoms. The largest absolute Gasteiger partial charge is 0.478 e. The number of carbonyl (C=O) groups excluding carboxylic acids is 1. The molecule has 2 aromatic rings. The molecular formula is C14H11NO4. The molecule has 0 aliphatic rings. The number of aromatic nitrogens is 1. The fourth-order valence-electron chi connectivity index (χ4n) is 1.72. The zero-order valence-corrected chi connectivity index (χ0v) is 10.2. The SMILES string of the molecule is COC(=O)c1cccc(-c2ncccc2C(=O)O)c1. The van der Waals surface area contributed by atoms with Gasteiger partial charge in [-0.25, -0.2) is 9.59 Å². The van der Waals surface area contributed by atoms with Crippen molar-refractivity contribution in [2.45, 2.75) is 0 Å². The Labute approximate surface area is 109 Å². The minimum atomic E-state index is -1.06. The first-order valence-corrected chi connectivity index (χ1v) is 5.50. The Bertz CT molecular complexity index is 637. The second-order valence-corrected chi connectivity index (χ2v) is 3.78. The van der Waals surface area contributed by atoms with Gasteiger partial charge in [-0.1, -0.05) is 12.1 Å². The Morgan fingerprint density at radius 2 is 2.00 bits per heavy atom. The van der Waals surface area contributed by atoms with Gasteiger partial charge in [-0.2, -0.15) is 0 Å². The first-order valence-electron chi connectivity index (χ1n) is 5.50. The van der Waals surface area contributed by atoms with E-state index in [0.717, 1.165) is 0 Å². The maximum absolute atomic E-state index is 11.5. The monoisotopic (exact) mass is 257 g/mol. The number of aromatic carboxylic acids is 1. The molecule has 0 saturated heterocycles. The molecule has 0 unspecified atom stereocenters. The van der Waals surface area contributed by atoms with Crippen molar-refractivity contribution >= 4 is 11.9 Å². The summed E-state index contributed by atoms with van der Waals surface area (Å²) in [5, 5.41) is 9.12. The molecule has 96 valence electrons. The number of carboxylic acid groups (broad SMARTS) is 1. The van der Waals surface area contributed by atoms with Crippen LogP contribution in [0.1, 0.15) is 20.7 Å². The van der Waals surface area contributed by atoms with Crippen molar-refractivity contribution in [1.82, 2.24) is 4.98 Å². The Kier molecular flexibility index (Phi) is 3.56. The lowest BCUT2D eigenvalue weighted by Crippen LogP contribution is -2.03. The normalized spacial score (nSPS) is 9.95. The van der Waals surface area contributed by atoms with Crippen LogP contribution in [0, 0.1) is 0 Å². The number of benzene rings is 1. The molecular weight excluding hydrogens is 246 g/mol. The molecule has 0 aliphatic heterocycles. The van der Waals surface area contributed by atoms with E-state index in [4.69, 9.17) is 5.11 Å². The molecule has 1 aromatic carbocycles. The lowest BCUT2D eigenvalue weighted by atomic mass is 10.0. The van der Waals surface area contributed by atoms with E-state index >= 15 is 0 Å². The number of ether oxygens (including phenoxy) is 1. The fraction of sp³-hybridized carbons (Fsp3) is 0.0714. The number of pyridine rings is 1. The average molecular weight is 257 g/mol. The number of carboxylic acids is 1. The van der Waals surface area contributed by atoms with Crippen molar-refractivity contribution < 1.29 is 19.4 Å². The van der Waals surface area contributed by atoms with Gasteiger partial charge in [-0.3, -0.25) is 4.98 Å². The summed E-state index contributed by atoms with van der Waals surface area (Å²) in [6.45, 7) is 0. The summed E-state index contributed by atoms with van der Waals surface area (Å²) in [4.78, 5) is 26.7. The second-order valence-electron chi connectivity index (χ2n) is 3.78. The van der Waals surface area contributed by atoms with E-state index in [1.165, 1.54) is 19.4 Å². The maximum Gasteiger partial charge on any atom is 0.337 e. The predicted octanol–water partition coefficient (Wildman–Crippen LogP) is 2.23. The van der Waals surface area contributed by atoms with Gasteiger partial charge in [0.25, 0.3) is 0 Å². The Morgan fingerprint density at radius 3 is 2.68 bits per heavy atom. The molecule has 0 radical (unpaired) electrons. The molecule has 19 heavy (non-hydrogen) atoms. The van der Waals surface area contributed by atoms with E-state index < -0.39 is 11.9 Å². The molecule has 2 rings (SSSR count). The minimum absolute atomic E-state index is 0.0875. The van der Waals surface area contributed by atoms with Crippen LogP contribution in [0.3, 0.4) is 0 Å². The summed E-state index contributed by atoms with van der Waals surface area (Å²) < 4.78 is 4.63. The van der Waals surface area contributed by atoms with Crippen LogP contribution in [0.15, 0.2) is 42.6 Å². The van der Waals surface area contributed by atoms with Gasteiger partial charge >= 0.3 is 11.9 Å². The lowest BCUT2D eigenvalue weighted by Gasteiger charge is -2.06. The summed E-state index contributed by atoms with van der Waals surface area (Å²) in [7, 11) is 1.29. The summed E-state index contributed by atoms with van der Waals surface area (Å²) in [6, 6.07) is 9.52. The van der Waals surface area contributed by atoms with Crippen LogP contribution in [0.4, 0.5) is 0 Å². The quantitative estimate of drug-likeness (QED) is 0.853. The fourth-order valence-corrected chi connectivity index (χ4v) is 1.72. The van der Waals surface area contributed by atoms with Crippen molar-refractivity contribution in [3.8, 4) is 11.3 Å². The van der Waals surface area contributed by atoms with Crippen LogP contribution < -0.4 is 0 Å². The zero-order chi connectivity index (χ0) is 13.8. The topological polar surface area (TPSA) is 76.5 Å². The van der Waals surface area contributed by atoms with Gasteiger partial charge in [-0.15, -0.1) is 0 Å². The molecule has 1 heterocycles. The highest BCUT2D eigenvalue weighted by atomic mass is 16.5. The molecule has 0 atom stereocenters. The molecule has 1 aromatic heterocycles. The Morgan fingerprint density at radius 1 is 1.21 bits per heavy atom. The third kappa shape index (κ3) is 2.60. The molecule has 0 fully saturated rings. The summed E-state index contributed by atoms with van der Waals surface area (Å²) in [5.41, 5.74) is 1.31. The maximum atomic E-state index is 11.5. The van der Waals surface area contributed by atoms with E-state index in [1.54, 1.807) is 30.3 Å². The summed E-state index contributed by atoms with van der Waals surface area (Å²) >= 11 is 0. The van der Waals surface area contributed by atoms with Gasteiger partial charge in [0.15, 0.2) is 0 Å². The average Bonchev–Trinajstić information content (AvgIpc) is 2.46. The third-order valence-electron chi connectivity index (χ3n) is 2.60. The first kappa shape index (κ1) is 12.8. The van der Waals surface area contributed by atoms with Crippen LogP contribution in [0.25, 0.3) is 11.3 Å². The number of rotatable bonds is 3. The van der Waals surface area contributed by atoms with Crippen LogP contribution >= 0.6 is 0 Å². The van der Waals surface area contributed by atoms with E-state index in [1.807, 2.05) is 0 Å². The van der Waals surface area contributed by atoms with Crippen LogP contribution in [-0.2, 0) is 4.74 Å². The van der Waals surface area contributed by atoms with Crippen molar-refractivity contribution in [3.05, 3.63) is 53.7 Å². The van der Waals surface area contributed by atoms with E-state index in [9.17, 15) is 9.59 Å². The van der Waals surface area contributed by atoms with Gasteiger partial charge < -0.3 is 9.84 Å². The first-order chi connectivity index (χ1) is 9.13. The second kappa shape index (κ2) is 5.30. The highest BCUT2D eigenvalue weighted by Crippen LogP contribution is 2.22. The van der Waals surface area contributed by atoms with Crippen molar-refractivity contribution in [1.29, 1.82) is 0 Å². The van der Waals surface area contributed by atoms with Gasteiger partial charge in [0, 0.05) is 11.8 Å². The number of hydrogen-bond acceptors (Lipinski definition) is 4. The molecule has 0 aliphatic carbocycles. The van der Waals surface area contributed by atoms with Crippen molar-refractivity contribution in [3.63, 3.8) is 0 Å². The van der Waals surface area contributed by atoms with E-state index in [2.05, 4.69) is 9.72 Å². The number of carbonyl (C=O) groups is 2. The number of hydrogen-bond donors (Lipinski definition) is 1. The summed E-state index contributed by atoms with van der Waals surface area (Å²) in [6.07, 6.45) is 1.51. The van der Waals surface area contributed by atoms with Gasteiger partial charge in [0.05, 0.1) is 23.9 Å². The molecule has 0 spiro atoms. The summed E-state index contributed by atoms with van der Waals surface area (Å²) in [5.74, 6) is -1.54. The number of methoxy groups -OCH3 is 1.